The third-order valence-electron chi connectivity index (χ3n) is 4.47. The predicted octanol–water partition coefficient (Wildman–Crippen LogP) is 1.52. The number of hydrogen-bond acceptors (Lipinski definition) is 5. The van der Waals surface area contributed by atoms with E-state index in [1.54, 1.807) is 0 Å². The first kappa shape index (κ1) is 21.0. The van der Waals surface area contributed by atoms with Gasteiger partial charge >= 0.3 is 12.0 Å². The Morgan fingerprint density at radius 3 is 2.52 bits per heavy atom. The molecule has 1 heterocycles. The minimum atomic E-state index is -3.77. The molecule has 2 N–H and O–H groups in total. The van der Waals surface area contributed by atoms with E-state index in [1.807, 2.05) is 6.92 Å². The van der Waals surface area contributed by atoms with Crippen molar-refractivity contribution >= 4 is 27.7 Å². The summed E-state index contributed by atoms with van der Waals surface area (Å²) in [4.78, 5) is 25.2. The van der Waals surface area contributed by atoms with E-state index in [4.69, 9.17) is 4.74 Å². The summed E-state index contributed by atoms with van der Waals surface area (Å²) in [5, 5.41) is 11.9. The lowest BCUT2D eigenvalue weighted by Gasteiger charge is -2.34. The first-order valence-corrected chi connectivity index (χ1v) is 9.89. The van der Waals surface area contributed by atoms with E-state index in [9.17, 15) is 23.1 Å². The third kappa shape index (κ3) is 4.69. The van der Waals surface area contributed by atoms with Crippen LogP contribution < -0.4 is 10.1 Å². The molecule has 2 amide bonds. The van der Waals surface area contributed by atoms with Crippen LogP contribution in [-0.2, 0) is 14.8 Å². The number of urea groups is 1. The molecule has 1 fully saturated rings. The molecule has 0 aliphatic carbocycles. The second kappa shape index (κ2) is 8.13. The number of nitrogens with zero attached hydrogens (tertiary/aromatic N) is 2. The van der Waals surface area contributed by atoms with Crippen LogP contribution in [-0.4, -0.2) is 69.0 Å². The highest BCUT2D eigenvalue weighted by Gasteiger charge is 2.32. The number of carbonyl (C=O) groups is 2. The molecule has 0 radical (unpaired) electrons. The van der Waals surface area contributed by atoms with Gasteiger partial charge in [0.05, 0.1) is 13.0 Å². The number of hydrogen-bond donors (Lipinski definition) is 2. The van der Waals surface area contributed by atoms with E-state index in [1.165, 1.54) is 44.3 Å². The Balaban J connectivity index is 2.24. The van der Waals surface area contributed by atoms with Crippen molar-refractivity contribution in [2.24, 2.45) is 11.8 Å². The number of piperidine rings is 1. The first-order valence-electron chi connectivity index (χ1n) is 8.45. The molecular formula is C17H25N3O6S. The van der Waals surface area contributed by atoms with Gasteiger partial charge in [-0.15, -0.1) is 0 Å². The van der Waals surface area contributed by atoms with Crippen LogP contribution in [0.4, 0.5) is 10.5 Å². The average Bonchev–Trinajstić information content (AvgIpc) is 2.60. The monoisotopic (exact) mass is 399 g/mol. The molecule has 1 aromatic rings. The summed E-state index contributed by atoms with van der Waals surface area (Å²) in [5.41, 5.74) is 0.284. The van der Waals surface area contributed by atoms with Gasteiger partial charge in [0, 0.05) is 32.9 Å². The van der Waals surface area contributed by atoms with Crippen molar-refractivity contribution in [3.8, 4) is 5.75 Å². The Bertz CT molecular complexity index is 824. The fourth-order valence-electron chi connectivity index (χ4n) is 3.05. The van der Waals surface area contributed by atoms with Crippen LogP contribution in [0.3, 0.4) is 0 Å². The van der Waals surface area contributed by atoms with Crippen LogP contribution in [0.15, 0.2) is 23.1 Å². The summed E-state index contributed by atoms with van der Waals surface area (Å²) in [7, 11) is 0.407. The van der Waals surface area contributed by atoms with Crippen LogP contribution in [0.5, 0.6) is 5.75 Å². The summed E-state index contributed by atoms with van der Waals surface area (Å²) >= 11 is 0. The maximum Gasteiger partial charge on any atom is 0.321 e. The molecule has 0 saturated carbocycles. The van der Waals surface area contributed by atoms with E-state index in [-0.39, 0.29) is 28.8 Å². The Morgan fingerprint density at radius 2 is 1.96 bits per heavy atom. The molecule has 0 bridgehead atoms. The lowest BCUT2D eigenvalue weighted by molar-refractivity contribution is -0.143. The topological polar surface area (TPSA) is 116 Å². The van der Waals surface area contributed by atoms with Crippen LogP contribution >= 0.6 is 0 Å². The van der Waals surface area contributed by atoms with Gasteiger partial charge in [0.1, 0.15) is 10.6 Å². The summed E-state index contributed by atoms with van der Waals surface area (Å²) < 4.78 is 31.1. The van der Waals surface area contributed by atoms with Crippen LogP contribution in [0.2, 0.25) is 0 Å². The Morgan fingerprint density at radius 1 is 1.30 bits per heavy atom. The SMILES string of the molecule is COc1ccc(NC(=O)N2CC(C)CC(C(=O)O)C2)cc1S(=O)(=O)N(C)C. The zero-order valence-corrected chi connectivity index (χ0v) is 16.6. The highest BCUT2D eigenvalue weighted by molar-refractivity contribution is 7.89. The molecule has 0 spiro atoms. The van der Waals surface area contributed by atoms with Crippen molar-refractivity contribution in [3.05, 3.63) is 18.2 Å². The molecule has 2 rings (SSSR count). The standard InChI is InChI=1S/C17H25N3O6S/c1-11-7-12(16(21)22)10-20(9-11)17(23)18-13-5-6-14(26-4)15(8-13)27(24,25)19(2)3/h5-6,8,11-12H,7,9-10H2,1-4H3,(H,18,23)(H,21,22). The molecule has 9 nitrogen and oxygen atoms in total. The number of methoxy groups -OCH3 is 1. The molecule has 150 valence electrons. The molecule has 2 atom stereocenters. The summed E-state index contributed by atoms with van der Waals surface area (Å²) in [6.07, 6.45) is 0.521. The first-order chi connectivity index (χ1) is 12.6. The highest BCUT2D eigenvalue weighted by atomic mass is 32.2. The maximum absolute atomic E-state index is 12.6. The van der Waals surface area contributed by atoms with E-state index in [2.05, 4.69) is 5.32 Å². The van der Waals surface area contributed by atoms with Gasteiger partial charge in [-0.25, -0.2) is 17.5 Å². The number of carbonyl (C=O) groups excluding carboxylic acids is 1. The van der Waals surface area contributed by atoms with E-state index in [0.29, 0.717) is 13.0 Å². The summed E-state index contributed by atoms with van der Waals surface area (Å²) in [6.45, 7) is 2.45. The number of nitrogens with one attached hydrogen (secondary N) is 1. The number of sulfonamides is 1. The van der Waals surface area contributed by atoms with Crippen molar-refractivity contribution < 1.29 is 27.9 Å². The van der Waals surface area contributed by atoms with Gasteiger partial charge < -0.3 is 20.1 Å². The van der Waals surface area contributed by atoms with Crippen molar-refractivity contribution in [3.63, 3.8) is 0 Å². The number of likely N-dealkylation sites (tertiary alicyclic amines) is 1. The quantitative estimate of drug-likeness (QED) is 0.775. The van der Waals surface area contributed by atoms with Crippen LogP contribution in [0, 0.1) is 11.8 Å². The van der Waals surface area contributed by atoms with Crippen molar-refractivity contribution in [1.82, 2.24) is 9.21 Å². The second-order valence-corrected chi connectivity index (χ2v) is 8.98. The highest BCUT2D eigenvalue weighted by Crippen LogP contribution is 2.29. The number of ether oxygens (including phenoxy) is 1. The molecule has 27 heavy (non-hydrogen) atoms. The summed E-state index contributed by atoms with van der Waals surface area (Å²) in [5.74, 6) is -1.31. The number of amides is 2. The normalized spacial score (nSPS) is 20.4. The molecule has 1 saturated heterocycles. The van der Waals surface area contributed by atoms with Gasteiger partial charge in [-0.1, -0.05) is 6.92 Å². The number of carboxylic acid groups (broad SMARTS) is 1. The Kier molecular flexibility index (Phi) is 6.32. The average molecular weight is 399 g/mol. The second-order valence-electron chi connectivity index (χ2n) is 6.86. The number of anilines is 1. The Hall–Kier alpha value is -2.33. The van der Waals surface area contributed by atoms with Crippen LogP contribution in [0.1, 0.15) is 13.3 Å². The number of benzene rings is 1. The van der Waals surface area contributed by atoms with Gasteiger partial charge in [0.15, 0.2) is 0 Å². The maximum atomic E-state index is 12.6. The van der Waals surface area contributed by atoms with E-state index < -0.39 is 27.9 Å². The zero-order chi connectivity index (χ0) is 20.4. The van der Waals surface area contributed by atoms with Crippen LogP contribution in [0.25, 0.3) is 0 Å². The van der Waals surface area contributed by atoms with Gasteiger partial charge in [-0.05, 0) is 30.5 Å². The lowest BCUT2D eigenvalue weighted by atomic mass is 9.91. The molecular weight excluding hydrogens is 374 g/mol. The third-order valence-corrected chi connectivity index (χ3v) is 6.31. The van der Waals surface area contributed by atoms with Gasteiger partial charge in [-0.2, -0.15) is 0 Å². The predicted molar refractivity (Wildman–Crippen MR) is 99.4 cm³/mol. The van der Waals surface area contributed by atoms with Crippen molar-refractivity contribution in [2.75, 3.05) is 39.6 Å². The van der Waals surface area contributed by atoms with E-state index in [0.717, 1.165) is 4.31 Å². The van der Waals surface area contributed by atoms with Gasteiger partial charge in [0.25, 0.3) is 0 Å². The smallest absolute Gasteiger partial charge is 0.321 e. The molecule has 1 aliphatic rings. The van der Waals surface area contributed by atoms with Gasteiger partial charge in [-0.3, -0.25) is 4.79 Å². The zero-order valence-electron chi connectivity index (χ0n) is 15.8. The largest absolute Gasteiger partial charge is 0.495 e. The van der Waals surface area contributed by atoms with Crippen molar-refractivity contribution in [1.29, 1.82) is 0 Å². The fraction of sp³-hybridized carbons (Fsp3) is 0.529. The molecule has 1 aliphatic heterocycles. The minimum Gasteiger partial charge on any atom is -0.495 e. The Labute approximate surface area is 159 Å². The lowest BCUT2D eigenvalue weighted by Crippen LogP contribution is -2.47. The summed E-state index contributed by atoms with van der Waals surface area (Å²) in [6, 6.07) is 3.86. The van der Waals surface area contributed by atoms with Gasteiger partial charge in [0.2, 0.25) is 10.0 Å². The molecule has 2 unspecified atom stereocenters. The number of aliphatic carboxylic acids is 1. The van der Waals surface area contributed by atoms with Crippen molar-refractivity contribution in [2.45, 2.75) is 18.2 Å². The number of rotatable bonds is 5. The molecule has 1 aromatic carbocycles. The molecule has 0 aromatic heterocycles. The molecule has 10 heteroatoms. The fourth-order valence-corrected chi connectivity index (χ4v) is 4.13. The minimum absolute atomic E-state index is 0.0612. The van der Waals surface area contributed by atoms with E-state index >= 15 is 0 Å². The number of carboxylic acids is 1.